The average molecular weight is 308 g/mol. The molecule has 1 aromatic carbocycles. The predicted octanol–water partition coefficient (Wildman–Crippen LogP) is 1.37. The third-order valence-electron chi connectivity index (χ3n) is 3.09. The summed E-state index contributed by atoms with van der Waals surface area (Å²) in [5.41, 5.74) is 2.03. The Morgan fingerprint density at radius 2 is 1.91 bits per heavy atom. The number of aryl methyl sites for hydroxylation is 1. The van der Waals surface area contributed by atoms with Crippen LogP contribution in [0.25, 0.3) is 0 Å². The van der Waals surface area contributed by atoms with Gasteiger partial charge in [-0.3, -0.25) is 4.79 Å². The van der Waals surface area contributed by atoms with E-state index >= 15 is 0 Å². The summed E-state index contributed by atoms with van der Waals surface area (Å²) in [5, 5.41) is 8.96. The maximum Gasteiger partial charge on any atom is 0.241 e. The van der Waals surface area contributed by atoms with Gasteiger partial charge in [-0.2, -0.15) is 0 Å². The van der Waals surface area contributed by atoms with Crippen molar-refractivity contribution in [2.24, 2.45) is 4.99 Å². The van der Waals surface area contributed by atoms with Crippen LogP contribution >= 0.6 is 0 Å². The lowest BCUT2D eigenvalue weighted by molar-refractivity contribution is -0.119. The summed E-state index contributed by atoms with van der Waals surface area (Å²) >= 11 is 0. The third-order valence-corrected chi connectivity index (χ3v) is 3.09. The molecule has 0 fully saturated rings. The molecule has 6 heteroatoms. The van der Waals surface area contributed by atoms with Crippen molar-refractivity contribution in [3.05, 3.63) is 35.1 Å². The Labute approximate surface area is 131 Å². The van der Waals surface area contributed by atoms with E-state index in [-0.39, 0.29) is 18.3 Å². The first kappa shape index (κ1) is 17.9. The number of hydrogen-bond acceptors (Lipinski definition) is 2. The van der Waals surface area contributed by atoms with Gasteiger partial charge in [0.25, 0.3) is 0 Å². The second kappa shape index (κ2) is 9.76. The van der Waals surface area contributed by atoms with E-state index in [9.17, 15) is 9.18 Å². The van der Waals surface area contributed by atoms with Gasteiger partial charge >= 0.3 is 0 Å². The van der Waals surface area contributed by atoms with E-state index in [2.05, 4.69) is 20.9 Å². The first-order chi connectivity index (χ1) is 10.6. The van der Waals surface area contributed by atoms with Crippen molar-refractivity contribution in [3.63, 3.8) is 0 Å². The Kier molecular flexibility index (Phi) is 7.96. The Balaban J connectivity index is 2.50. The summed E-state index contributed by atoms with van der Waals surface area (Å²) in [5.74, 6) is 0.286. The van der Waals surface area contributed by atoms with Gasteiger partial charge in [0.05, 0.1) is 0 Å². The summed E-state index contributed by atoms with van der Waals surface area (Å²) in [6.07, 6.45) is 0.762. The molecule has 0 atom stereocenters. The van der Waals surface area contributed by atoms with Gasteiger partial charge in [0.2, 0.25) is 5.91 Å². The number of amides is 1. The van der Waals surface area contributed by atoms with Gasteiger partial charge in [0.1, 0.15) is 12.4 Å². The number of carbonyl (C=O) groups is 1. The van der Waals surface area contributed by atoms with Gasteiger partial charge in [-0.15, -0.1) is 0 Å². The fourth-order valence-electron chi connectivity index (χ4n) is 2.00. The molecule has 0 aliphatic rings. The van der Waals surface area contributed by atoms with E-state index in [1.165, 1.54) is 12.1 Å². The normalized spacial score (nSPS) is 11.2. The van der Waals surface area contributed by atoms with Crippen LogP contribution in [-0.2, 0) is 11.2 Å². The molecule has 0 spiro atoms. The Morgan fingerprint density at radius 3 is 2.55 bits per heavy atom. The predicted molar refractivity (Wildman–Crippen MR) is 87.5 cm³/mol. The minimum absolute atomic E-state index is 0.0960. The molecular formula is C16H25FN4O. The summed E-state index contributed by atoms with van der Waals surface area (Å²) in [4.78, 5) is 15.6. The molecule has 0 aliphatic heterocycles. The van der Waals surface area contributed by atoms with Crippen LogP contribution in [0.5, 0.6) is 0 Å². The largest absolute Gasteiger partial charge is 0.357 e. The second-order valence-corrected chi connectivity index (χ2v) is 4.90. The van der Waals surface area contributed by atoms with Gasteiger partial charge in [-0.05, 0) is 50.5 Å². The third kappa shape index (κ3) is 6.56. The number of carbonyl (C=O) groups excluding carboxylic acids is 1. The number of nitrogens with one attached hydrogen (secondary N) is 3. The molecule has 0 aromatic heterocycles. The number of guanidine groups is 1. The highest BCUT2D eigenvalue weighted by Crippen LogP contribution is 2.10. The number of halogens is 1. The molecule has 3 N–H and O–H groups in total. The van der Waals surface area contributed by atoms with Crippen LogP contribution in [0, 0.1) is 12.7 Å². The first-order valence-corrected chi connectivity index (χ1v) is 7.60. The number of likely N-dealkylation sites (N-methyl/N-ethyl adjacent to an activating group) is 1. The molecule has 0 radical (unpaired) electrons. The van der Waals surface area contributed by atoms with Crippen molar-refractivity contribution in [1.29, 1.82) is 0 Å². The SMILES string of the molecule is CCNC(=O)CN=C(NCC)NCCc1ccc(F)cc1C. The Morgan fingerprint density at radius 1 is 1.18 bits per heavy atom. The fourth-order valence-corrected chi connectivity index (χ4v) is 2.00. The molecule has 1 amide bonds. The van der Waals surface area contributed by atoms with E-state index < -0.39 is 0 Å². The number of hydrogen-bond donors (Lipinski definition) is 3. The van der Waals surface area contributed by atoms with E-state index in [1.807, 2.05) is 20.8 Å². The number of aliphatic imine (C=N–C) groups is 1. The number of rotatable bonds is 7. The molecule has 0 saturated carbocycles. The van der Waals surface area contributed by atoms with Gasteiger partial charge in [0, 0.05) is 19.6 Å². The zero-order valence-corrected chi connectivity index (χ0v) is 13.5. The molecule has 5 nitrogen and oxygen atoms in total. The quantitative estimate of drug-likeness (QED) is 0.526. The number of nitrogens with zero attached hydrogens (tertiary/aromatic N) is 1. The Hall–Kier alpha value is -2.11. The van der Waals surface area contributed by atoms with E-state index in [0.29, 0.717) is 19.0 Å². The van der Waals surface area contributed by atoms with Gasteiger partial charge in [-0.1, -0.05) is 6.07 Å². The van der Waals surface area contributed by atoms with Crippen LogP contribution in [0.1, 0.15) is 25.0 Å². The zero-order chi connectivity index (χ0) is 16.4. The lowest BCUT2D eigenvalue weighted by Crippen LogP contribution is -2.39. The minimum Gasteiger partial charge on any atom is -0.357 e. The molecule has 1 aromatic rings. The van der Waals surface area contributed by atoms with Crippen molar-refractivity contribution < 1.29 is 9.18 Å². The molecule has 0 heterocycles. The molecule has 22 heavy (non-hydrogen) atoms. The topological polar surface area (TPSA) is 65.5 Å². The van der Waals surface area contributed by atoms with E-state index in [1.54, 1.807) is 6.07 Å². The average Bonchev–Trinajstić information content (AvgIpc) is 2.47. The fraction of sp³-hybridized carbons (Fsp3) is 0.500. The van der Waals surface area contributed by atoms with Crippen LogP contribution in [0.4, 0.5) is 4.39 Å². The van der Waals surface area contributed by atoms with Crippen LogP contribution in [-0.4, -0.2) is 38.0 Å². The van der Waals surface area contributed by atoms with Crippen LogP contribution < -0.4 is 16.0 Å². The maximum absolute atomic E-state index is 13.1. The van der Waals surface area contributed by atoms with E-state index in [4.69, 9.17) is 0 Å². The molecular weight excluding hydrogens is 283 g/mol. The lowest BCUT2D eigenvalue weighted by Gasteiger charge is -2.12. The van der Waals surface area contributed by atoms with Gasteiger partial charge in [-0.25, -0.2) is 9.38 Å². The first-order valence-electron chi connectivity index (χ1n) is 7.60. The minimum atomic E-state index is -0.217. The summed E-state index contributed by atoms with van der Waals surface area (Å²) in [7, 11) is 0. The lowest BCUT2D eigenvalue weighted by atomic mass is 10.1. The molecule has 0 saturated heterocycles. The van der Waals surface area contributed by atoms with E-state index in [0.717, 1.165) is 24.1 Å². The van der Waals surface area contributed by atoms with Crippen molar-refractivity contribution in [2.45, 2.75) is 27.2 Å². The van der Waals surface area contributed by atoms with Crippen molar-refractivity contribution in [1.82, 2.24) is 16.0 Å². The molecule has 0 bridgehead atoms. The summed E-state index contributed by atoms with van der Waals surface area (Å²) < 4.78 is 13.1. The monoisotopic (exact) mass is 308 g/mol. The number of benzene rings is 1. The smallest absolute Gasteiger partial charge is 0.241 e. The Bertz CT molecular complexity index is 517. The van der Waals surface area contributed by atoms with Gasteiger partial charge in [0.15, 0.2) is 5.96 Å². The summed E-state index contributed by atoms with van der Waals surface area (Å²) in [6, 6.07) is 4.80. The van der Waals surface area contributed by atoms with Gasteiger partial charge < -0.3 is 16.0 Å². The standard InChI is InChI=1S/C16H25FN4O/c1-4-18-15(22)11-21-16(19-5-2)20-9-8-13-6-7-14(17)10-12(13)3/h6-7,10H,4-5,8-9,11H2,1-3H3,(H,18,22)(H2,19,20,21). The zero-order valence-electron chi connectivity index (χ0n) is 13.5. The molecule has 122 valence electrons. The summed E-state index contributed by atoms with van der Waals surface area (Å²) in [6.45, 7) is 7.81. The molecule has 0 aliphatic carbocycles. The van der Waals surface area contributed by atoms with Crippen molar-refractivity contribution in [3.8, 4) is 0 Å². The van der Waals surface area contributed by atoms with Crippen LogP contribution in [0.2, 0.25) is 0 Å². The van der Waals surface area contributed by atoms with Crippen LogP contribution in [0.15, 0.2) is 23.2 Å². The molecule has 0 unspecified atom stereocenters. The molecule has 1 rings (SSSR count). The highest BCUT2D eigenvalue weighted by Gasteiger charge is 2.03. The van der Waals surface area contributed by atoms with Crippen molar-refractivity contribution >= 4 is 11.9 Å². The highest BCUT2D eigenvalue weighted by atomic mass is 19.1. The second-order valence-electron chi connectivity index (χ2n) is 4.90. The maximum atomic E-state index is 13.1. The highest BCUT2D eigenvalue weighted by molar-refractivity contribution is 5.84. The van der Waals surface area contributed by atoms with Crippen LogP contribution in [0.3, 0.4) is 0 Å². The van der Waals surface area contributed by atoms with Crippen molar-refractivity contribution in [2.75, 3.05) is 26.2 Å².